The van der Waals surface area contributed by atoms with Crippen LogP contribution in [0.1, 0.15) is 0 Å². The van der Waals surface area contributed by atoms with Gasteiger partial charge in [-0.15, -0.1) is 13.2 Å². The van der Waals surface area contributed by atoms with Crippen molar-refractivity contribution < 1.29 is 17.9 Å². The normalized spacial score (nSPS) is 11.9. The quantitative estimate of drug-likeness (QED) is 0.778. The fourth-order valence-electron chi connectivity index (χ4n) is 1.46. The second-order valence-electron chi connectivity index (χ2n) is 3.53. The minimum Gasteiger partial charge on any atom is -0.405 e. The molecule has 0 saturated heterocycles. The highest BCUT2D eigenvalue weighted by atomic mass is 31.1. The largest absolute Gasteiger partial charge is 0.573 e. The van der Waals surface area contributed by atoms with Crippen LogP contribution in [0.4, 0.5) is 13.2 Å². The summed E-state index contributed by atoms with van der Waals surface area (Å²) in [5, 5.41) is 1.51. The van der Waals surface area contributed by atoms with Crippen LogP contribution in [-0.2, 0) is 0 Å². The molecule has 2 aromatic rings. The summed E-state index contributed by atoms with van der Waals surface area (Å²) in [5.41, 5.74) is 0. The van der Waals surface area contributed by atoms with Gasteiger partial charge in [-0.05, 0) is 11.4 Å². The number of halogens is 3. The van der Waals surface area contributed by atoms with Crippen molar-refractivity contribution in [3.63, 3.8) is 0 Å². The van der Waals surface area contributed by atoms with E-state index in [1.807, 2.05) is 30.3 Å². The number of hydrogen-bond acceptors (Lipinski definition) is 1. The van der Waals surface area contributed by atoms with E-state index in [1.165, 1.54) is 12.1 Å². The van der Waals surface area contributed by atoms with Crippen molar-refractivity contribution in [1.29, 1.82) is 0 Å². The fraction of sp³-hybridized carbons (Fsp3) is 0.0769. The van der Waals surface area contributed by atoms with Crippen LogP contribution >= 0.6 is 8.58 Å². The Morgan fingerprint density at radius 2 is 1.44 bits per heavy atom. The average Bonchev–Trinajstić information content (AvgIpc) is 2.31. The first-order valence-electron chi connectivity index (χ1n) is 5.21. The lowest BCUT2D eigenvalue weighted by Crippen LogP contribution is -2.21. The maximum atomic E-state index is 12.2. The topological polar surface area (TPSA) is 9.23 Å². The third-order valence-electron chi connectivity index (χ3n) is 2.17. The van der Waals surface area contributed by atoms with Crippen molar-refractivity contribution in [3.8, 4) is 5.75 Å². The third kappa shape index (κ3) is 3.74. The summed E-state index contributed by atoms with van der Waals surface area (Å²) in [5.74, 6) is -0.132. The summed E-state index contributed by atoms with van der Waals surface area (Å²) in [6, 6.07) is 15.5. The van der Waals surface area contributed by atoms with Crippen LogP contribution in [0.15, 0.2) is 54.6 Å². The van der Waals surface area contributed by atoms with E-state index >= 15 is 0 Å². The van der Waals surface area contributed by atoms with Crippen LogP contribution in [0.25, 0.3) is 0 Å². The zero-order valence-electron chi connectivity index (χ0n) is 9.24. The van der Waals surface area contributed by atoms with Gasteiger partial charge in [-0.1, -0.05) is 57.1 Å². The number of rotatable bonds is 3. The van der Waals surface area contributed by atoms with Gasteiger partial charge in [-0.2, -0.15) is 0 Å². The van der Waals surface area contributed by atoms with Gasteiger partial charge in [-0.3, -0.25) is 0 Å². The van der Waals surface area contributed by atoms with Gasteiger partial charge in [0.2, 0.25) is 0 Å². The molecule has 5 heteroatoms. The molecule has 1 unspecified atom stereocenters. The Morgan fingerprint density at radius 1 is 0.833 bits per heavy atom. The molecule has 0 spiro atoms. The molecule has 18 heavy (non-hydrogen) atoms. The summed E-state index contributed by atoms with van der Waals surface area (Å²) in [6.07, 6.45) is -4.66. The molecule has 1 atom stereocenters. The van der Waals surface area contributed by atoms with Crippen LogP contribution in [0.3, 0.4) is 0 Å². The van der Waals surface area contributed by atoms with E-state index in [4.69, 9.17) is 0 Å². The van der Waals surface area contributed by atoms with Gasteiger partial charge in [0.15, 0.2) is 0 Å². The fourth-order valence-corrected chi connectivity index (χ4v) is 2.57. The predicted molar refractivity (Wildman–Crippen MR) is 67.2 cm³/mol. The Balaban J connectivity index is 2.23. The summed E-state index contributed by atoms with van der Waals surface area (Å²) in [4.78, 5) is 0. The van der Waals surface area contributed by atoms with E-state index in [-0.39, 0.29) is 14.3 Å². The molecular formula is C13H10F3OP. The van der Waals surface area contributed by atoms with Crippen molar-refractivity contribution in [2.24, 2.45) is 0 Å². The summed E-state index contributed by atoms with van der Waals surface area (Å²) >= 11 is 0. The molecule has 0 aromatic heterocycles. The minimum absolute atomic E-state index is 0.132. The molecule has 0 aliphatic heterocycles. The van der Waals surface area contributed by atoms with E-state index < -0.39 is 6.36 Å². The smallest absolute Gasteiger partial charge is 0.405 e. The second-order valence-corrected chi connectivity index (χ2v) is 4.90. The lowest BCUT2D eigenvalue weighted by molar-refractivity contribution is -0.274. The minimum atomic E-state index is -4.66. The van der Waals surface area contributed by atoms with E-state index in [0.717, 1.165) is 5.30 Å². The molecule has 0 heterocycles. The Kier molecular flexibility index (Phi) is 3.87. The molecule has 94 valence electrons. The standard InChI is InChI=1S/C13H10F3OP/c14-13(15,16)17-11-8-4-5-9-12(11)18-10-6-2-1-3-7-10/h1-9,18H. The summed E-state index contributed by atoms with van der Waals surface area (Å²) < 4.78 is 40.7. The van der Waals surface area contributed by atoms with Gasteiger partial charge in [-0.25, -0.2) is 0 Å². The SMILES string of the molecule is FC(F)(F)Oc1ccccc1Pc1ccccc1. The number of ether oxygens (including phenoxy) is 1. The molecule has 0 N–H and O–H groups in total. The Morgan fingerprint density at radius 3 is 2.11 bits per heavy atom. The van der Waals surface area contributed by atoms with E-state index in [2.05, 4.69) is 4.74 Å². The van der Waals surface area contributed by atoms with E-state index in [1.54, 1.807) is 12.1 Å². The van der Waals surface area contributed by atoms with Crippen molar-refractivity contribution in [2.75, 3.05) is 0 Å². The lowest BCUT2D eigenvalue weighted by atomic mass is 10.3. The number of para-hydroxylation sites is 1. The van der Waals surface area contributed by atoms with Crippen LogP contribution in [-0.4, -0.2) is 6.36 Å². The van der Waals surface area contributed by atoms with Gasteiger partial charge in [0.25, 0.3) is 0 Å². The Hall–Kier alpha value is -1.54. The first kappa shape index (κ1) is 12.9. The third-order valence-corrected chi connectivity index (χ3v) is 3.47. The van der Waals surface area contributed by atoms with Gasteiger partial charge in [0.05, 0.1) is 0 Å². The maximum absolute atomic E-state index is 12.2. The average molecular weight is 270 g/mol. The molecule has 2 rings (SSSR count). The van der Waals surface area contributed by atoms with Crippen LogP contribution < -0.4 is 15.3 Å². The molecule has 0 radical (unpaired) electrons. The number of benzene rings is 2. The Labute approximate surface area is 104 Å². The van der Waals surface area contributed by atoms with Gasteiger partial charge < -0.3 is 4.74 Å². The monoisotopic (exact) mass is 270 g/mol. The molecule has 0 saturated carbocycles. The molecule has 1 nitrogen and oxygen atoms in total. The van der Waals surface area contributed by atoms with E-state index in [0.29, 0.717) is 5.30 Å². The van der Waals surface area contributed by atoms with Gasteiger partial charge in [0.1, 0.15) is 5.75 Å². The van der Waals surface area contributed by atoms with E-state index in [9.17, 15) is 13.2 Å². The van der Waals surface area contributed by atoms with Crippen molar-refractivity contribution in [2.45, 2.75) is 6.36 Å². The van der Waals surface area contributed by atoms with Gasteiger partial charge in [0, 0.05) is 5.30 Å². The van der Waals surface area contributed by atoms with Gasteiger partial charge >= 0.3 is 6.36 Å². The molecule has 0 aliphatic carbocycles. The maximum Gasteiger partial charge on any atom is 0.573 e. The first-order chi connectivity index (χ1) is 8.54. The molecule has 0 fully saturated rings. The van der Waals surface area contributed by atoms with Crippen LogP contribution in [0.5, 0.6) is 5.75 Å². The predicted octanol–water partition coefficient (Wildman–Crippen LogP) is 3.21. The number of alkyl halides is 3. The highest BCUT2D eigenvalue weighted by Gasteiger charge is 2.31. The molecule has 0 aliphatic rings. The zero-order valence-corrected chi connectivity index (χ0v) is 10.2. The van der Waals surface area contributed by atoms with Crippen molar-refractivity contribution in [1.82, 2.24) is 0 Å². The highest BCUT2D eigenvalue weighted by Crippen LogP contribution is 2.25. The molecule has 2 aromatic carbocycles. The van der Waals surface area contributed by atoms with Crippen LogP contribution in [0, 0.1) is 0 Å². The number of hydrogen-bond donors (Lipinski definition) is 0. The molecule has 0 amide bonds. The molecule has 0 bridgehead atoms. The lowest BCUT2D eigenvalue weighted by Gasteiger charge is -2.13. The summed E-state index contributed by atoms with van der Waals surface area (Å²) in [7, 11) is 0.136. The summed E-state index contributed by atoms with van der Waals surface area (Å²) in [6.45, 7) is 0. The highest BCUT2D eigenvalue weighted by molar-refractivity contribution is 7.55. The van der Waals surface area contributed by atoms with Crippen molar-refractivity contribution in [3.05, 3.63) is 54.6 Å². The zero-order chi connectivity index (χ0) is 13.0. The first-order valence-corrected chi connectivity index (χ1v) is 6.21. The second kappa shape index (κ2) is 5.40. The van der Waals surface area contributed by atoms with Crippen molar-refractivity contribution >= 4 is 19.2 Å². The van der Waals surface area contributed by atoms with Crippen LogP contribution in [0.2, 0.25) is 0 Å². The molecular weight excluding hydrogens is 260 g/mol. The Bertz CT molecular complexity index is 511.